The Morgan fingerprint density at radius 2 is 1.80 bits per heavy atom. The van der Waals surface area contributed by atoms with Gasteiger partial charge in [0.05, 0.1) is 30.3 Å². The van der Waals surface area contributed by atoms with Gasteiger partial charge in [-0.3, -0.25) is 0 Å². The summed E-state index contributed by atoms with van der Waals surface area (Å²) in [5.41, 5.74) is 1.35. The monoisotopic (exact) mass is 607 g/mol. The summed E-state index contributed by atoms with van der Waals surface area (Å²) in [7, 11) is 0. The van der Waals surface area contributed by atoms with Crippen LogP contribution in [0.4, 0.5) is 36.7 Å². The molecule has 2 fully saturated rings. The van der Waals surface area contributed by atoms with Crippen molar-refractivity contribution in [2.24, 2.45) is 0 Å². The first-order chi connectivity index (χ1) is 21.1. The summed E-state index contributed by atoms with van der Waals surface area (Å²) in [5.74, 6) is -0.344. The first-order valence-corrected chi connectivity index (χ1v) is 15.4. The minimum absolute atomic E-state index is 0.00289. The van der Waals surface area contributed by atoms with E-state index in [1.165, 1.54) is 6.07 Å². The zero-order valence-electron chi connectivity index (χ0n) is 25.5. The van der Waals surface area contributed by atoms with Gasteiger partial charge in [-0.1, -0.05) is 12.8 Å². The van der Waals surface area contributed by atoms with E-state index in [-0.39, 0.29) is 23.5 Å². The molecular weight excluding hydrogens is 568 g/mol. The standard InChI is InChI=1S/C32H39F2N7O3/c1-32(2,3)44-31(42)40-12-6-11-39(13-14-40)23-9-10-27(35-19-23)37-30-36-20-25(34)28(38-30)21-17-24(33)29-26(18-21)41(15-16-43-29)22-7-4-5-8-22/h9-10,17-20,22H,4-8,11-16H2,1-3H3,(H,35,36,37,38). The van der Waals surface area contributed by atoms with Crippen LogP contribution in [0.2, 0.25) is 0 Å². The summed E-state index contributed by atoms with van der Waals surface area (Å²) < 4.78 is 41.5. The smallest absolute Gasteiger partial charge is 0.410 e. The highest BCUT2D eigenvalue weighted by Crippen LogP contribution is 2.41. The Morgan fingerprint density at radius 3 is 2.55 bits per heavy atom. The Morgan fingerprint density at radius 1 is 0.977 bits per heavy atom. The Labute approximate surface area is 256 Å². The van der Waals surface area contributed by atoms with E-state index < -0.39 is 17.2 Å². The average Bonchev–Trinajstić information content (AvgIpc) is 3.41. The molecule has 0 unspecified atom stereocenters. The number of pyridine rings is 1. The molecule has 0 bridgehead atoms. The number of carbonyl (C=O) groups is 1. The van der Waals surface area contributed by atoms with Crippen molar-refractivity contribution in [3.05, 3.63) is 48.3 Å². The molecule has 12 heteroatoms. The zero-order valence-corrected chi connectivity index (χ0v) is 25.5. The molecule has 2 aliphatic heterocycles. The molecule has 3 aliphatic rings. The lowest BCUT2D eigenvalue weighted by atomic mass is 10.1. The Hall–Kier alpha value is -4.22. The zero-order chi connectivity index (χ0) is 30.8. The summed E-state index contributed by atoms with van der Waals surface area (Å²) in [5, 5.41) is 3.04. The van der Waals surface area contributed by atoms with Crippen LogP contribution >= 0.6 is 0 Å². The number of nitrogens with one attached hydrogen (secondary N) is 1. The molecule has 1 aromatic carbocycles. The highest BCUT2D eigenvalue weighted by molar-refractivity contribution is 5.73. The fourth-order valence-electron chi connectivity index (χ4n) is 6.11. The second kappa shape index (κ2) is 12.4. The number of amides is 1. The van der Waals surface area contributed by atoms with Gasteiger partial charge in [-0.05, 0) is 64.3 Å². The molecule has 1 saturated heterocycles. The van der Waals surface area contributed by atoms with Crippen molar-refractivity contribution < 1.29 is 23.0 Å². The van der Waals surface area contributed by atoms with E-state index in [2.05, 4.69) is 30.1 Å². The molecule has 1 N–H and O–H groups in total. The number of rotatable bonds is 5. The number of hydrogen-bond acceptors (Lipinski definition) is 9. The molecule has 10 nitrogen and oxygen atoms in total. The minimum atomic E-state index is -0.649. The number of hydrogen-bond donors (Lipinski definition) is 1. The highest BCUT2D eigenvalue weighted by atomic mass is 19.1. The maximum Gasteiger partial charge on any atom is 0.410 e. The average molecular weight is 608 g/mol. The van der Waals surface area contributed by atoms with Gasteiger partial charge in [0.25, 0.3) is 0 Å². The van der Waals surface area contributed by atoms with Crippen LogP contribution < -0.4 is 19.9 Å². The molecular formula is C32H39F2N7O3. The lowest BCUT2D eigenvalue weighted by Gasteiger charge is -2.36. The third-order valence-corrected chi connectivity index (χ3v) is 8.20. The number of fused-ring (bicyclic) bond motifs is 1. The van der Waals surface area contributed by atoms with Gasteiger partial charge in [0.15, 0.2) is 17.4 Å². The van der Waals surface area contributed by atoms with Gasteiger partial charge in [-0.15, -0.1) is 0 Å². The first kappa shape index (κ1) is 29.8. The van der Waals surface area contributed by atoms with Crippen LogP contribution in [0.25, 0.3) is 11.3 Å². The summed E-state index contributed by atoms with van der Waals surface area (Å²) in [4.78, 5) is 31.6. The third-order valence-electron chi connectivity index (χ3n) is 8.20. The molecule has 234 valence electrons. The summed E-state index contributed by atoms with van der Waals surface area (Å²) in [6, 6.07) is 7.09. The van der Waals surface area contributed by atoms with Crippen LogP contribution in [0.3, 0.4) is 0 Å². The molecule has 0 radical (unpaired) electrons. The van der Waals surface area contributed by atoms with Gasteiger partial charge in [0.2, 0.25) is 5.95 Å². The maximum absolute atomic E-state index is 15.2. The SMILES string of the molecule is CC(C)(C)OC(=O)N1CCCN(c2ccc(Nc3ncc(F)c(-c4cc(F)c5c(c4)N(C4CCCC4)CCO5)n3)nc2)CC1. The van der Waals surface area contributed by atoms with E-state index in [4.69, 9.17) is 9.47 Å². The van der Waals surface area contributed by atoms with Crippen molar-refractivity contribution in [3.8, 4) is 17.0 Å². The highest BCUT2D eigenvalue weighted by Gasteiger charge is 2.30. The van der Waals surface area contributed by atoms with Crippen LogP contribution in [0.5, 0.6) is 5.75 Å². The van der Waals surface area contributed by atoms with Gasteiger partial charge < -0.3 is 29.5 Å². The van der Waals surface area contributed by atoms with Gasteiger partial charge in [0.1, 0.15) is 23.7 Å². The number of anilines is 4. The van der Waals surface area contributed by atoms with Crippen LogP contribution in [-0.2, 0) is 4.74 Å². The van der Waals surface area contributed by atoms with Crippen LogP contribution in [0.15, 0.2) is 36.7 Å². The van der Waals surface area contributed by atoms with E-state index in [0.717, 1.165) is 50.5 Å². The number of carbonyl (C=O) groups excluding carboxylic acids is 1. The van der Waals surface area contributed by atoms with Crippen LogP contribution in [-0.4, -0.2) is 76.9 Å². The lowest BCUT2D eigenvalue weighted by molar-refractivity contribution is 0.0263. The third kappa shape index (κ3) is 6.63. The van der Waals surface area contributed by atoms with Crippen molar-refractivity contribution in [3.63, 3.8) is 0 Å². The van der Waals surface area contributed by atoms with Gasteiger partial charge in [-0.2, -0.15) is 0 Å². The molecule has 1 amide bonds. The summed E-state index contributed by atoms with van der Waals surface area (Å²) in [6.07, 6.45) is 7.73. The topological polar surface area (TPSA) is 96.0 Å². The van der Waals surface area contributed by atoms with E-state index in [1.54, 1.807) is 23.2 Å². The maximum atomic E-state index is 15.2. The molecule has 1 saturated carbocycles. The minimum Gasteiger partial charge on any atom is -0.486 e. The number of halogens is 2. The molecule has 0 spiro atoms. The van der Waals surface area contributed by atoms with E-state index >= 15 is 8.78 Å². The molecule has 44 heavy (non-hydrogen) atoms. The molecule has 4 heterocycles. The van der Waals surface area contributed by atoms with Crippen LogP contribution in [0, 0.1) is 11.6 Å². The number of nitrogens with zero attached hydrogens (tertiary/aromatic N) is 6. The van der Waals surface area contributed by atoms with Crippen LogP contribution in [0.1, 0.15) is 52.9 Å². The molecule has 0 atom stereocenters. The normalized spacial score (nSPS) is 17.6. The number of ether oxygens (including phenoxy) is 2. The van der Waals surface area contributed by atoms with Crippen molar-refractivity contribution in [2.75, 3.05) is 54.4 Å². The molecule has 6 rings (SSSR count). The predicted octanol–water partition coefficient (Wildman–Crippen LogP) is 6.15. The number of benzene rings is 1. The van der Waals surface area contributed by atoms with E-state index in [1.807, 2.05) is 26.8 Å². The second-order valence-electron chi connectivity index (χ2n) is 12.5. The fraction of sp³-hybridized carbons (Fsp3) is 0.500. The molecule has 3 aromatic rings. The van der Waals surface area contributed by atoms with Gasteiger partial charge in [-0.25, -0.2) is 28.5 Å². The molecule has 1 aliphatic carbocycles. The summed E-state index contributed by atoms with van der Waals surface area (Å²) >= 11 is 0. The quantitative estimate of drug-likeness (QED) is 0.367. The van der Waals surface area contributed by atoms with Gasteiger partial charge >= 0.3 is 6.09 Å². The molecule has 2 aromatic heterocycles. The fourth-order valence-corrected chi connectivity index (χ4v) is 6.11. The second-order valence-corrected chi connectivity index (χ2v) is 12.5. The summed E-state index contributed by atoms with van der Waals surface area (Å²) in [6.45, 7) is 9.28. The number of aromatic nitrogens is 3. The Kier molecular flexibility index (Phi) is 8.42. The van der Waals surface area contributed by atoms with Gasteiger partial charge in [0, 0.05) is 37.8 Å². The van der Waals surface area contributed by atoms with E-state index in [9.17, 15) is 4.79 Å². The largest absolute Gasteiger partial charge is 0.486 e. The Bertz CT molecular complexity index is 1490. The van der Waals surface area contributed by atoms with Crippen molar-refractivity contribution in [1.82, 2.24) is 19.9 Å². The lowest BCUT2D eigenvalue weighted by Crippen LogP contribution is -2.40. The van der Waals surface area contributed by atoms with Crippen molar-refractivity contribution in [2.45, 2.75) is 64.5 Å². The van der Waals surface area contributed by atoms with E-state index in [0.29, 0.717) is 55.9 Å². The Balaban J connectivity index is 1.15. The predicted molar refractivity (Wildman–Crippen MR) is 165 cm³/mol. The van der Waals surface area contributed by atoms with Crippen molar-refractivity contribution in [1.29, 1.82) is 0 Å². The van der Waals surface area contributed by atoms with Crippen molar-refractivity contribution >= 4 is 29.2 Å². The first-order valence-electron chi connectivity index (χ1n) is 15.4.